The van der Waals surface area contributed by atoms with Gasteiger partial charge in [0.2, 0.25) is 0 Å². The highest BCUT2D eigenvalue weighted by Crippen LogP contribution is 2.23. The second kappa shape index (κ2) is 6.53. The molecule has 3 N–H and O–H groups in total. The van der Waals surface area contributed by atoms with Gasteiger partial charge in [-0.15, -0.1) is 0 Å². The van der Waals surface area contributed by atoms with Gasteiger partial charge in [-0.05, 0) is 12.1 Å². The van der Waals surface area contributed by atoms with Crippen molar-refractivity contribution in [1.82, 2.24) is 5.43 Å². The Kier molecular flexibility index (Phi) is 4.75. The van der Waals surface area contributed by atoms with Gasteiger partial charge in [0, 0.05) is 28.8 Å². The lowest BCUT2D eigenvalue weighted by molar-refractivity contribution is 0.122. The second-order valence-corrected chi connectivity index (χ2v) is 4.89. The number of halogens is 1. The highest BCUT2D eigenvalue weighted by Gasteiger charge is 2.11. The first-order chi connectivity index (χ1) is 9.16. The highest BCUT2D eigenvalue weighted by atomic mass is 79.9. The monoisotopic (exact) mass is 326 g/mol. The van der Waals surface area contributed by atoms with E-state index in [4.69, 9.17) is 10.5 Å². The molecule has 7 heteroatoms. The number of hydrogen-bond acceptors (Lipinski definition) is 4. The average Bonchev–Trinajstić information content (AvgIpc) is 2.41. The fraction of sp³-hybridized carbons (Fsp3) is 0.333. The van der Waals surface area contributed by atoms with Crippen LogP contribution in [0.1, 0.15) is 5.56 Å². The predicted molar refractivity (Wildman–Crippen MR) is 77.5 cm³/mol. The largest absolute Gasteiger partial charge is 0.378 e. The quantitative estimate of drug-likeness (QED) is 0.648. The minimum atomic E-state index is -0.683. The molecule has 0 radical (unpaired) electrons. The molecule has 6 nitrogen and oxygen atoms in total. The number of morpholine rings is 1. The van der Waals surface area contributed by atoms with Crippen molar-refractivity contribution < 1.29 is 9.53 Å². The van der Waals surface area contributed by atoms with Gasteiger partial charge in [-0.2, -0.15) is 5.10 Å². The molecule has 0 unspecified atom stereocenters. The molecular formula is C12H15BrN4O2. The Morgan fingerprint density at radius 1 is 1.47 bits per heavy atom. The van der Waals surface area contributed by atoms with E-state index in [0.29, 0.717) is 0 Å². The number of nitrogens with two attached hydrogens (primary N) is 1. The molecule has 1 aromatic carbocycles. The molecule has 2 amide bonds. The summed E-state index contributed by atoms with van der Waals surface area (Å²) in [5.74, 6) is 0. The van der Waals surface area contributed by atoms with Crippen LogP contribution in [0.5, 0.6) is 0 Å². The number of amides is 2. The summed E-state index contributed by atoms with van der Waals surface area (Å²) in [5, 5.41) is 3.73. The Morgan fingerprint density at radius 3 is 2.84 bits per heavy atom. The van der Waals surface area contributed by atoms with Crippen molar-refractivity contribution in [3.05, 3.63) is 28.2 Å². The van der Waals surface area contributed by atoms with Gasteiger partial charge in [0.1, 0.15) is 0 Å². The van der Waals surface area contributed by atoms with Gasteiger partial charge in [0.25, 0.3) is 0 Å². The number of benzene rings is 1. The first-order valence-corrected chi connectivity index (χ1v) is 6.67. The first kappa shape index (κ1) is 13.8. The Hall–Kier alpha value is -1.60. The molecule has 102 valence electrons. The third kappa shape index (κ3) is 3.93. The number of urea groups is 1. The van der Waals surface area contributed by atoms with Crippen LogP contribution in [-0.2, 0) is 4.74 Å². The first-order valence-electron chi connectivity index (χ1n) is 5.87. The van der Waals surface area contributed by atoms with E-state index in [1.807, 2.05) is 18.2 Å². The molecular weight excluding hydrogens is 312 g/mol. The summed E-state index contributed by atoms with van der Waals surface area (Å²) in [6, 6.07) is 5.29. The van der Waals surface area contributed by atoms with E-state index < -0.39 is 6.03 Å². The maximum atomic E-state index is 10.5. The highest BCUT2D eigenvalue weighted by molar-refractivity contribution is 9.10. The summed E-state index contributed by atoms with van der Waals surface area (Å²) in [5.41, 5.74) is 9.08. The number of hydrogen-bond donors (Lipinski definition) is 2. The van der Waals surface area contributed by atoms with Crippen molar-refractivity contribution in [1.29, 1.82) is 0 Å². The normalized spacial score (nSPS) is 15.7. The summed E-state index contributed by atoms with van der Waals surface area (Å²) in [6.07, 6.45) is 1.54. The number of carbonyl (C=O) groups excluding carboxylic acids is 1. The summed E-state index contributed by atoms with van der Waals surface area (Å²) in [4.78, 5) is 12.8. The van der Waals surface area contributed by atoms with Crippen LogP contribution in [0.15, 0.2) is 27.8 Å². The number of primary amides is 1. The van der Waals surface area contributed by atoms with Crippen LogP contribution in [-0.4, -0.2) is 38.5 Å². The molecule has 19 heavy (non-hydrogen) atoms. The fourth-order valence-electron chi connectivity index (χ4n) is 1.80. The van der Waals surface area contributed by atoms with Crippen molar-refractivity contribution in [3.8, 4) is 0 Å². The second-order valence-electron chi connectivity index (χ2n) is 4.04. The number of nitrogens with zero attached hydrogens (tertiary/aromatic N) is 2. The minimum absolute atomic E-state index is 0.683. The molecule has 1 aliphatic rings. The third-order valence-corrected chi connectivity index (χ3v) is 3.43. The van der Waals surface area contributed by atoms with Crippen molar-refractivity contribution in [2.45, 2.75) is 0 Å². The van der Waals surface area contributed by atoms with Gasteiger partial charge < -0.3 is 15.4 Å². The maximum absolute atomic E-state index is 10.5. The number of ether oxygens (including phenoxy) is 1. The number of hydrazone groups is 1. The van der Waals surface area contributed by atoms with Crippen LogP contribution >= 0.6 is 15.9 Å². The molecule has 2 rings (SSSR count). The number of carbonyl (C=O) groups is 1. The Labute approximate surface area is 119 Å². The van der Waals surface area contributed by atoms with E-state index in [0.717, 1.165) is 42.0 Å². The van der Waals surface area contributed by atoms with E-state index in [2.05, 4.69) is 31.4 Å². The SMILES string of the molecule is NC(=O)NN=Cc1ccc(N2CCOCC2)cc1Br. The maximum Gasteiger partial charge on any atom is 0.332 e. The summed E-state index contributed by atoms with van der Waals surface area (Å²) >= 11 is 3.49. The Morgan fingerprint density at radius 2 is 2.21 bits per heavy atom. The molecule has 0 bridgehead atoms. The summed E-state index contributed by atoms with van der Waals surface area (Å²) in [7, 11) is 0. The van der Waals surface area contributed by atoms with Crippen LogP contribution in [0.2, 0.25) is 0 Å². The zero-order valence-electron chi connectivity index (χ0n) is 10.3. The van der Waals surface area contributed by atoms with Crippen LogP contribution < -0.4 is 16.1 Å². The topological polar surface area (TPSA) is 80.0 Å². The van der Waals surface area contributed by atoms with E-state index in [1.165, 1.54) is 6.21 Å². The molecule has 0 atom stereocenters. The molecule has 1 saturated heterocycles. The van der Waals surface area contributed by atoms with Gasteiger partial charge in [0.05, 0.1) is 19.4 Å². The van der Waals surface area contributed by atoms with Gasteiger partial charge >= 0.3 is 6.03 Å². The van der Waals surface area contributed by atoms with E-state index in [9.17, 15) is 4.79 Å². The fourth-order valence-corrected chi connectivity index (χ4v) is 2.27. The lowest BCUT2D eigenvalue weighted by atomic mass is 10.2. The minimum Gasteiger partial charge on any atom is -0.378 e. The summed E-state index contributed by atoms with van der Waals surface area (Å²) < 4.78 is 6.23. The van der Waals surface area contributed by atoms with Crippen molar-refractivity contribution in [2.24, 2.45) is 10.8 Å². The number of rotatable bonds is 3. The molecule has 1 aliphatic heterocycles. The molecule has 0 saturated carbocycles. The third-order valence-electron chi connectivity index (χ3n) is 2.74. The Bertz CT molecular complexity index is 487. The smallest absolute Gasteiger partial charge is 0.332 e. The van der Waals surface area contributed by atoms with Crippen LogP contribution in [0, 0.1) is 0 Å². The number of anilines is 1. The lowest BCUT2D eigenvalue weighted by Crippen LogP contribution is -2.36. The van der Waals surface area contributed by atoms with Gasteiger partial charge in [-0.25, -0.2) is 10.2 Å². The standard InChI is InChI=1S/C12H15BrN4O2/c13-11-7-10(17-3-5-19-6-4-17)2-1-9(11)8-15-16-12(14)18/h1-2,7-8H,3-6H2,(H3,14,16,18). The van der Waals surface area contributed by atoms with Crippen molar-refractivity contribution >= 4 is 33.9 Å². The molecule has 0 aliphatic carbocycles. The number of nitrogens with one attached hydrogen (secondary N) is 1. The molecule has 1 aromatic rings. The lowest BCUT2D eigenvalue weighted by Gasteiger charge is -2.29. The van der Waals surface area contributed by atoms with E-state index >= 15 is 0 Å². The van der Waals surface area contributed by atoms with Gasteiger partial charge in [-0.1, -0.05) is 22.0 Å². The van der Waals surface area contributed by atoms with Gasteiger partial charge in [-0.3, -0.25) is 0 Å². The van der Waals surface area contributed by atoms with Crippen LogP contribution in [0.4, 0.5) is 10.5 Å². The van der Waals surface area contributed by atoms with Gasteiger partial charge in [0.15, 0.2) is 0 Å². The Balaban J connectivity index is 2.07. The van der Waals surface area contributed by atoms with Crippen molar-refractivity contribution in [3.63, 3.8) is 0 Å². The van der Waals surface area contributed by atoms with Crippen LogP contribution in [0.3, 0.4) is 0 Å². The van der Waals surface area contributed by atoms with E-state index in [1.54, 1.807) is 0 Å². The molecule has 1 heterocycles. The predicted octanol–water partition coefficient (Wildman–Crippen LogP) is 1.29. The molecule has 0 aromatic heterocycles. The van der Waals surface area contributed by atoms with Crippen LogP contribution in [0.25, 0.3) is 0 Å². The van der Waals surface area contributed by atoms with E-state index in [-0.39, 0.29) is 0 Å². The molecule has 0 spiro atoms. The van der Waals surface area contributed by atoms with Crippen molar-refractivity contribution in [2.75, 3.05) is 31.2 Å². The zero-order chi connectivity index (χ0) is 13.7. The zero-order valence-corrected chi connectivity index (χ0v) is 11.9. The molecule has 1 fully saturated rings. The average molecular weight is 327 g/mol. The summed E-state index contributed by atoms with van der Waals surface area (Å²) in [6.45, 7) is 3.29.